The summed E-state index contributed by atoms with van der Waals surface area (Å²) >= 11 is 0. The van der Waals surface area contributed by atoms with Crippen molar-refractivity contribution in [1.82, 2.24) is 29.5 Å². The van der Waals surface area contributed by atoms with Gasteiger partial charge in [-0.15, -0.1) is 0 Å². The Morgan fingerprint density at radius 2 is 2.27 bits per heavy atom. The van der Waals surface area contributed by atoms with E-state index in [1.165, 1.54) is 12.8 Å². The highest BCUT2D eigenvalue weighted by Gasteiger charge is 2.26. The van der Waals surface area contributed by atoms with Gasteiger partial charge in [-0.05, 0) is 32.4 Å². The van der Waals surface area contributed by atoms with Crippen LogP contribution in [0.1, 0.15) is 42.4 Å². The second-order valence-electron chi connectivity index (χ2n) is 5.94. The molecule has 6 heteroatoms. The summed E-state index contributed by atoms with van der Waals surface area (Å²) < 4.78 is 1.81. The maximum absolute atomic E-state index is 4.79. The van der Waals surface area contributed by atoms with Crippen molar-refractivity contribution in [3.05, 3.63) is 47.9 Å². The van der Waals surface area contributed by atoms with Crippen LogP contribution in [-0.2, 0) is 6.54 Å². The van der Waals surface area contributed by atoms with Gasteiger partial charge in [-0.1, -0.05) is 6.42 Å². The Morgan fingerprint density at radius 3 is 3.14 bits per heavy atom. The predicted octanol–water partition coefficient (Wildman–Crippen LogP) is 2.49. The average Bonchev–Trinajstić information content (AvgIpc) is 3.16. The first-order valence-corrected chi connectivity index (χ1v) is 7.84. The minimum atomic E-state index is 0.366. The number of fused-ring (bicyclic) bond motifs is 1. The van der Waals surface area contributed by atoms with Crippen LogP contribution in [0.3, 0.4) is 0 Å². The molecular weight excluding hydrogens is 276 g/mol. The smallest absolute Gasteiger partial charge is 0.155 e. The van der Waals surface area contributed by atoms with Gasteiger partial charge < -0.3 is 4.98 Å². The van der Waals surface area contributed by atoms with Crippen LogP contribution < -0.4 is 0 Å². The van der Waals surface area contributed by atoms with E-state index in [-0.39, 0.29) is 0 Å². The molecule has 1 unspecified atom stereocenters. The van der Waals surface area contributed by atoms with Gasteiger partial charge in [0.25, 0.3) is 0 Å². The van der Waals surface area contributed by atoms with Crippen molar-refractivity contribution in [2.45, 2.75) is 38.8 Å². The molecule has 0 aliphatic carbocycles. The lowest BCUT2D eigenvalue weighted by Gasteiger charge is -2.35. The van der Waals surface area contributed by atoms with E-state index in [2.05, 4.69) is 33.0 Å². The minimum absolute atomic E-state index is 0.366. The second-order valence-corrected chi connectivity index (χ2v) is 5.94. The molecule has 3 aromatic rings. The fraction of sp³-hybridized carbons (Fsp3) is 0.438. The summed E-state index contributed by atoms with van der Waals surface area (Å²) in [6.45, 7) is 4.06. The molecule has 1 N–H and O–H groups in total. The van der Waals surface area contributed by atoms with Crippen LogP contribution in [0.5, 0.6) is 0 Å². The number of nitrogens with zero attached hydrogens (tertiary/aromatic N) is 5. The van der Waals surface area contributed by atoms with Crippen LogP contribution in [0.2, 0.25) is 0 Å². The SMILES string of the molecule is Cc1[nH]cnc1CN1CCCCC1c1ccn2nccc2n1. The number of hydrogen-bond donors (Lipinski definition) is 1. The molecule has 0 radical (unpaired) electrons. The van der Waals surface area contributed by atoms with Crippen molar-refractivity contribution < 1.29 is 0 Å². The topological polar surface area (TPSA) is 62.1 Å². The third kappa shape index (κ3) is 2.39. The number of aryl methyl sites for hydroxylation is 1. The molecule has 114 valence electrons. The highest BCUT2D eigenvalue weighted by molar-refractivity contribution is 5.37. The Hall–Kier alpha value is -2.21. The standard InChI is InChI=1S/C16H20N6/c1-12-14(18-11-17-12)10-21-8-3-2-4-15(21)13-6-9-22-16(20-13)5-7-19-22/h5-7,9,11,15H,2-4,8,10H2,1H3,(H,17,18). The Labute approximate surface area is 129 Å². The monoisotopic (exact) mass is 296 g/mol. The fourth-order valence-corrected chi connectivity index (χ4v) is 3.27. The first-order chi connectivity index (χ1) is 10.8. The van der Waals surface area contributed by atoms with Gasteiger partial charge in [-0.2, -0.15) is 5.10 Å². The summed E-state index contributed by atoms with van der Waals surface area (Å²) in [5.41, 5.74) is 4.35. The highest BCUT2D eigenvalue weighted by atomic mass is 15.2. The van der Waals surface area contributed by atoms with E-state index in [0.717, 1.165) is 42.2 Å². The van der Waals surface area contributed by atoms with Crippen molar-refractivity contribution in [1.29, 1.82) is 0 Å². The Morgan fingerprint density at radius 1 is 1.32 bits per heavy atom. The first kappa shape index (κ1) is 13.5. The third-order valence-electron chi connectivity index (χ3n) is 4.52. The molecule has 6 nitrogen and oxygen atoms in total. The van der Waals surface area contributed by atoms with E-state index >= 15 is 0 Å². The largest absolute Gasteiger partial charge is 0.348 e. The molecular formula is C16H20N6. The molecule has 0 aromatic carbocycles. The van der Waals surface area contributed by atoms with Crippen molar-refractivity contribution >= 4 is 5.65 Å². The van der Waals surface area contributed by atoms with Gasteiger partial charge >= 0.3 is 0 Å². The first-order valence-electron chi connectivity index (χ1n) is 7.84. The van der Waals surface area contributed by atoms with Gasteiger partial charge in [0.1, 0.15) is 0 Å². The van der Waals surface area contributed by atoms with E-state index in [1.807, 2.05) is 16.8 Å². The molecule has 0 bridgehead atoms. The summed E-state index contributed by atoms with van der Waals surface area (Å²) in [5.74, 6) is 0. The zero-order chi connectivity index (χ0) is 14.9. The number of rotatable bonds is 3. The summed E-state index contributed by atoms with van der Waals surface area (Å²) in [5, 5.41) is 4.22. The molecule has 0 amide bonds. The zero-order valence-corrected chi connectivity index (χ0v) is 12.7. The van der Waals surface area contributed by atoms with E-state index in [1.54, 1.807) is 12.5 Å². The van der Waals surface area contributed by atoms with Crippen LogP contribution in [0.15, 0.2) is 30.9 Å². The average molecular weight is 296 g/mol. The Balaban J connectivity index is 1.63. The second kappa shape index (κ2) is 5.53. The van der Waals surface area contributed by atoms with Gasteiger partial charge in [-0.3, -0.25) is 4.90 Å². The number of aromatic nitrogens is 5. The molecule has 1 saturated heterocycles. The van der Waals surface area contributed by atoms with Crippen molar-refractivity contribution in [2.24, 2.45) is 0 Å². The number of imidazole rings is 1. The summed E-state index contributed by atoms with van der Waals surface area (Å²) in [6.07, 6.45) is 9.23. The predicted molar refractivity (Wildman–Crippen MR) is 83.3 cm³/mol. The normalized spacial score (nSPS) is 19.8. The van der Waals surface area contributed by atoms with Crippen LogP contribution in [-0.4, -0.2) is 36.0 Å². The number of H-pyrrole nitrogens is 1. The molecule has 1 aliphatic rings. The number of likely N-dealkylation sites (tertiary alicyclic amines) is 1. The van der Waals surface area contributed by atoms with Crippen LogP contribution in [0.4, 0.5) is 0 Å². The van der Waals surface area contributed by atoms with Gasteiger partial charge in [0.2, 0.25) is 0 Å². The van der Waals surface area contributed by atoms with E-state index in [4.69, 9.17) is 4.98 Å². The zero-order valence-electron chi connectivity index (χ0n) is 12.7. The van der Waals surface area contributed by atoms with Crippen LogP contribution in [0.25, 0.3) is 5.65 Å². The fourth-order valence-electron chi connectivity index (χ4n) is 3.27. The third-order valence-corrected chi connectivity index (χ3v) is 4.52. The molecule has 3 aromatic heterocycles. The van der Waals surface area contributed by atoms with Crippen LogP contribution >= 0.6 is 0 Å². The molecule has 1 aliphatic heterocycles. The van der Waals surface area contributed by atoms with Crippen molar-refractivity contribution in [3.63, 3.8) is 0 Å². The van der Waals surface area contributed by atoms with E-state index < -0.39 is 0 Å². The minimum Gasteiger partial charge on any atom is -0.348 e. The molecule has 1 atom stereocenters. The van der Waals surface area contributed by atoms with E-state index in [9.17, 15) is 0 Å². The van der Waals surface area contributed by atoms with Gasteiger partial charge in [0.05, 0.1) is 30.0 Å². The maximum Gasteiger partial charge on any atom is 0.155 e. The molecule has 0 saturated carbocycles. The van der Waals surface area contributed by atoms with E-state index in [0.29, 0.717) is 6.04 Å². The number of hydrogen-bond acceptors (Lipinski definition) is 4. The lowest BCUT2D eigenvalue weighted by Crippen LogP contribution is -2.33. The molecule has 4 rings (SSSR count). The van der Waals surface area contributed by atoms with Gasteiger partial charge in [0.15, 0.2) is 5.65 Å². The van der Waals surface area contributed by atoms with Crippen LogP contribution in [0, 0.1) is 6.92 Å². The maximum atomic E-state index is 4.79. The summed E-state index contributed by atoms with van der Waals surface area (Å²) in [4.78, 5) is 14.9. The number of piperidine rings is 1. The molecule has 4 heterocycles. The van der Waals surface area contributed by atoms with Gasteiger partial charge in [0, 0.05) is 24.5 Å². The quantitative estimate of drug-likeness (QED) is 0.806. The molecule has 1 fully saturated rings. The molecule has 0 spiro atoms. The Kier molecular flexibility index (Phi) is 3.38. The summed E-state index contributed by atoms with van der Waals surface area (Å²) in [7, 11) is 0. The number of nitrogens with one attached hydrogen (secondary N) is 1. The number of aromatic amines is 1. The lowest BCUT2D eigenvalue weighted by atomic mass is 9.98. The molecule has 22 heavy (non-hydrogen) atoms. The van der Waals surface area contributed by atoms with Gasteiger partial charge in [-0.25, -0.2) is 14.5 Å². The Bertz CT molecular complexity index is 774. The summed E-state index contributed by atoms with van der Waals surface area (Å²) in [6, 6.07) is 4.42. The van der Waals surface area contributed by atoms with Crippen molar-refractivity contribution in [2.75, 3.05) is 6.54 Å². The highest BCUT2D eigenvalue weighted by Crippen LogP contribution is 2.31. The lowest BCUT2D eigenvalue weighted by molar-refractivity contribution is 0.135. The van der Waals surface area contributed by atoms with Crippen molar-refractivity contribution in [3.8, 4) is 0 Å².